The van der Waals surface area contributed by atoms with Gasteiger partial charge in [-0.2, -0.15) is 0 Å². The lowest BCUT2D eigenvalue weighted by atomic mass is 10.2. The Bertz CT molecular complexity index is 686. The van der Waals surface area contributed by atoms with Gasteiger partial charge in [0.25, 0.3) is 0 Å². The van der Waals surface area contributed by atoms with Crippen molar-refractivity contribution in [1.82, 2.24) is 15.6 Å². The van der Waals surface area contributed by atoms with Crippen LogP contribution in [0.15, 0.2) is 27.7 Å². The van der Waals surface area contributed by atoms with Crippen molar-refractivity contribution in [1.29, 1.82) is 0 Å². The molecule has 8 heteroatoms. The lowest BCUT2D eigenvalue weighted by Gasteiger charge is -2.12. The van der Waals surface area contributed by atoms with Gasteiger partial charge in [-0.25, -0.2) is 9.37 Å². The highest BCUT2D eigenvalue weighted by atomic mass is 127. The van der Waals surface area contributed by atoms with E-state index < -0.39 is 0 Å². The molecule has 1 aromatic carbocycles. The van der Waals surface area contributed by atoms with Crippen molar-refractivity contribution in [3.05, 3.63) is 49.6 Å². The average Bonchev–Trinajstić information content (AvgIpc) is 2.84. The van der Waals surface area contributed by atoms with Crippen molar-refractivity contribution in [2.75, 3.05) is 13.6 Å². The van der Waals surface area contributed by atoms with E-state index in [-0.39, 0.29) is 29.8 Å². The molecule has 132 valence electrons. The Labute approximate surface area is 171 Å². The number of aromatic nitrogens is 1. The second-order valence-electron chi connectivity index (χ2n) is 5.09. The van der Waals surface area contributed by atoms with Gasteiger partial charge in [-0.3, -0.25) is 4.99 Å². The highest BCUT2D eigenvalue weighted by Gasteiger charge is 2.06. The summed E-state index contributed by atoms with van der Waals surface area (Å²) in [5.41, 5.74) is 1.95. The van der Waals surface area contributed by atoms with Gasteiger partial charge in [0.2, 0.25) is 0 Å². The van der Waals surface area contributed by atoms with Gasteiger partial charge in [0, 0.05) is 35.9 Å². The molecule has 0 aliphatic heterocycles. The van der Waals surface area contributed by atoms with Crippen LogP contribution >= 0.6 is 51.2 Å². The Kier molecular flexibility index (Phi) is 9.14. The van der Waals surface area contributed by atoms with Crippen LogP contribution in [0.2, 0.25) is 0 Å². The molecule has 0 fully saturated rings. The smallest absolute Gasteiger partial charge is 0.191 e. The van der Waals surface area contributed by atoms with Crippen molar-refractivity contribution in [2.45, 2.75) is 26.8 Å². The lowest BCUT2D eigenvalue weighted by Crippen LogP contribution is -2.37. The maximum atomic E-state index is 13.3. The number of aryl methyl sites for hydroxylation is 2. The van der Waals surface area contributed by atoms with Crippen LogP contribution in [0, 0.1) is 19.7 Å². The second-order valence-corrected chi connectivity index (χ2v) is 7.23. The SMILES string of the molecule is CN=C(NCCc1nc(C)c(C)s1)NCc1cc(F)ccc1Br.I. The van der Waals surface area contributed by atoms with Gasteiger partial charge in [0.1, 0.15) is 5.82 Å². The summed E-state index contributed by atoms with van der Waals surface area (Å²) in [4.78, 5) is 9.96. The first-order chi connectivity index (χ1) is 11.0. The number of guanidine groups is 1. The molecule has 0 atom stereocenters. The van der Waals surface area contributed by atoms with E-state index in [0.717, 1.165) is 33.7 Å². The van der Waals surface area contributed by atoms with Crippen molar-refractivity contribution < 1.29 is 4.39 Å². The first kappa shape index (κ1) is 21.3. The van der Waals surface area contributed by atoms with Crippen LogP contribution in [0.4, 0.5) is 4.39 Å². The van der Waals surface area contributed by atoms with Gasteiger partial charge in [-0.05, 0) is 37.6 Å². The molecular weight excluding hydrogens is 506 g/mol. The molecule has 0 saturated carbocycles. The summed E-state index contributed by atoms with van der Waals surface area (Å²) in [7, 11) is 1.72. The molecule has 24 heavy (non-hydrogen) atoms. The molecule has 1 aromatic heterocycles. The zero-order valence-electron chi connectivity index (χ0n) is 13.8. The van der Waals surface area contributed by atoms with Crippen LogP contribution < -0.4 is 10.6 Å². The summed E-state index contributed by atoms with van der Waals surface area (Å²) in [6.45, 7) is 5.35. The fourth-order valence-electron chi connectivity index (χ4n) is 2.01. The summed E-state index contributed by atoms with van der Waals surface area (Å²) in [5, 5.41) is 7.55. The minimum absolute atomic E-state index is 0. The molecule has 0 aliphatic rings. The van der Waals surface area contributed by atoms with Crippen molar-refractivity contribution in [2.24, 2.45) is 4.99 Å². The van der Waals surface area contributed by atoms with Gasteiger partial charge in [-0.15, -0.1) is 35.3 Å². The topological polar surface area (TPSA) is 49.3 Å². The molecule has 0 bridgehead atoms. The fraction of sp³-hybridized carbons (Fsp3) is 0.375. The van der Waals surface area contributed by atoms with Crippen LogP contribution in [-0.2, 0) is 13.0 Å². The molecule has 0 unspecified atom stereocenters. The largest absolute Gasteiger partial charge is 0.356 e. The van der Waals surface area contributed by atoms with Crippen LogP contribution in [0.5, 0.6) is 0 Å². The molecule has 4 nitrogen and oxygen atoms in total. The normalized spacial score (nSPS) is 11.1. The number of nitrogens with zero attached hydrogens (tertiary/aromatic N) is 2. The van der Waals surface area contributed by atoms with Crippen LogP contribution in [0.3, 0.4) is 0 Å². The monoisotopic (exact) mass is 526 g/mol. The zero-order valence-corrected chi connectivity index (χ0v) is 18.6. The van der Waals surface area contributed by atoms with Crippen LogP contribution in [0.25, 0.3) is 0 Å². The summed E-state index contributed by atoms with van der Waals surface area (Å²) >= 11 is 5.15. The van der Waals surface area contributed by atoms with E-state index in [9.17, 15) is 4.39 Å². The number of nitrogens with one attached hydrogen (secondary N) is 2. The Morgan fingerprint density at radius 3 is 2.71 bits per heavy atom. The Morgan fingerprint density at radius 2 is 2.08 bits per heavy atom. The summed E-state index contributed by atoms with van der Waals surface area (Å²) in [5.74, 6) is 0.439. The molecule has 0 spiro atoms. The van der Waals surface area contributed by atoms with E-state index in [1.807, 2.05) is 6.92 Å². The third-order valence-corrected chi connectivity index (χ3v) is 5.29. The van der Waals surface area contributed by atoms with E-state index in [1.54, 1.807) is 24.5 Å². The lowest BCUT2D eigenvalue weighted by molar-refractivity contribution is 0.624. The Morgan fingerprint density at radius 1 is 1.33 bits per heavy atom. The first-order valence-corrected chi connectivity index (χ1v) is 8.92. The quantitative estimate of drug-likeness (QED) is 0.349. The number of hydrogen-bond acceptors (Lipinski definition) is 3. The number of halogens is 3. The van der Waals surface area contributed by atoms with Gasteiger partial charge in [0.05, 0.1) is 10.7 Å². The van der Waals surface area contributed by atoms with E-state index in [1.165, 1.54) is 17.0 Å². The van der Waals surface area contributed by atoms with Gasteiger partial charge in [0.15, 0.2) is 5.96 Å². The first-order valence-electron chi connectivity index (χ1n) is 7.31. The van der Waals surface area contributed by atoms with E-state index >= 15 is 0 Å². The minimum atomic E-state index is -0.248. The molecule has 2 aromatic rings. The fourth-order valence-corrected chi connectivity index (χ4v) is 3.33. The molecule has 1 heterocycles. The standard InChI is InChI=1S/C16H20BrFN4S.HI/c1-10-11(2)23-15(22-10)6-7-20-16(19-3)21-9-12-8-13(18)4-5-14(12)17;/h4-5,8H,6-7,9H2,1-3H3,(H2,19,20,21);1H. The second kappa shape index (κ2) is 10.3. The molecule has 0 aliphatic carbocycles. The molecular formula is C16H21BrFIN4S. The zero-order chi connectivity index (χ0) is 16.8. The number of aliphatic imine (C=N–C) groups is 1. The van der Waals surface area contributed by atoms with Crippen molar-refractivity contribution >= 4 is 57.2 Å². The highest BCUT2D eigenvalue weighted by molar-refractivity contribution is 14.0. The molecule has 0 saturated heterocycles. The number of thiazole rings is 1. The summed E-state index contributed by atoms with van der Waals surface area (Å²) < 4.78 is 14.1. The molecule has 0 radical (unpaired) electrons. The highest BCUT2D eigenvalue weighted by Crippen LogP contribution is 2.18. The molecule has 2 N–H and O–H groups in total. The van der Waals surface area contributed by atoms with E-state index in [2.05, 4.69) is 43.5 Å². The van der Waals surface area contributed by atoms with Crippen LogP contribution in [0.1, 0.15) is 21.1 Å². The van der Waals surface area contributed by atoms with E-state index in [0.29, 0.717) is 12.5 Å². The summed E-state index contributed by atoms with van der Waals surface area (Å²) in [6.07, 6.45) is 0.851. The van der Waals surface area contributed by atoms with Crippen LogP contribution in [-0.4, -0.2) is 24.5 Å². The average molecular weight is 527 g/mol. The number of rotatable bonds is 5. The van der Waals surface area contributed by atoms with E-state index in [4.69, 9.17) is 0 Å². The predicted octanol–water partition coefficient (Wildman–Crippen LogP) is 4.19. The number of hydrogen-bond donors (Lipinski definition) is 2. The Balaban J connectivity index is 0.00000288. The number of benzene rings is 1. The van der Waals surface area contributed by atoms with Crippen molar-refractivity contribution in [3.63, 3.8) is 0 Å². The maximum Gasteiger partial charge on any atom is 0.191 e. The minimum Gasteiger partial charge on any atom is -0.356 e. The van der Waals surface area contributed by atoms with Crippen molar-refractivity contribution in [3.8, 4) is 0 Å². The predicted molar refractivity (Wildman–Crippen MR) is 113 cm³/mol. The molecule has 2 rings (SSSR count). The van der Waals surface area contributed by atoms with Gasteiger partial charge < -0.3 is 10.6 Å². The molecule has 0 amide bonds. The maximum absolute atomic E-state index is 13.3. The summed E-state index contributed by atoms with van der Waals surface area (Å²) in [6, 6.07) is 4.64. The third-order valence-electron chi connectivity index (χ3n) is 3.38. The van der Waals surface area contributed by atoms with Gasteiger partial charge >= 0.3 is 0 Å². The third kappa shape index (κ3) is 6.29. The Hall–Kier alpha value is -0.740. The van der Waals surface area contributed by atoms with Gasteiger partial charge in [-0.1, -0.05) is 15.9 Å².